The van der Waals surface area contributed by atoms with Crippen LogP contribution in [-0.2, 0) is 14.6 Å². The van der Waals surface area contributed by atoms with E-state index in [4.69, 9.17) is 9.15 Å². The van der Waals surface area contributed by atoms with Crippen LogP contribution in [0.5, 0.6) is 0 Å². The first-order valence-electron chi connectivity index (χ1n) is 8.81. The smallest absolute Gasteiger partial charge is 0.251 e. The molecular weight excluding hydrogens is 368 g/mol. The van der Waals surface area contributed by atoms with Crippen molar-refractivity contribution in [3.63, 3.8) is 0 Å². The van der Waals surface area contributed by atoms with Crippen LogP contribution in [0.1, 0.15) is 27.9 Å². The predicted octanol–water partition coefficient (Wildman–Crippen LogP) is 1.79. The molecule has 2 aromatic rings. The highest BCUT2D eigenvalue weighted by Gasteiger charge is 2.25. The first-order chi connectivity index (χ1) is 12.8. The maximum atomic E-state index is 12.5. The monoisotopic (exact) mass is 392 g/mol. The number of rotatable bonds is 6. The standard InChI is InChI=1S/C19H24N2O5S/c1-14-3-8-18(26-14)17(21-9-11-25-12-10-21)13-20-19(22)15-4-6-16(7-5-15)27(2,23)24/h3-8,17H,9-13H2,1-2H3,(H,20,22). The number of nitrogens with zero attached hydrogens (tertiary/aromatic N) is 1. The van der Waals surface area contributed by atoms with Gasteiger partial charge in [-0.25, -0.2) is 8.42 Å². The molecule has 1 saturated heterocycles. The fraction of sp³-hybridized carbons (Fsp3) is 0.421. The molecule has 0 bridgehead atoms. The lowest BCUT2D eigenvalue weighted by Gasteiger charge is -2.33. The third-order valence-corrected chi connectivity index (χ3v) is 5.71. The molecule has 2 heterocycles. The van der Waals surface area contributed by atoms with E-state index < -0.39 is 9.84 Å². The Bertz CT molecular complexity index is 883. The molecule has 3 rings (SSSR count). The normalized spacial score (nSPS) is 16.8. The molecule has 1 unspecified atom stereocenters. The first-order valence-corrected chi connectivity index (χ1v) is 10.7. The Morgan fingerprint density at radius 3 is 2.37 bits per heavy atom. The summed E-state index contributed by atoms with van der Waals surface area (Å²) in [5.41, 5.74) is 0.416. The van der Waals surface area contributed by atoms with Crippen molar-refractivity contribution in [2.75, 3.05) is 39.1 Å². The van der Waals surface area contributed by atoms with Gasteiger partial charge in [0, 0.05) is 31.5 Å². The Balaban J connectivity index is 1.70. The molecule has 1 aliphatic rings. The van der Waals surface area contributed by atoms with Gasteiger partial charge in [0.05, 0.1) is 24.2 Å². The van der Waals surface area contributed by atoms with Crippen LogP contribution in [0.25, 0.3) is 0 Å². The van der Waals surface area contributed by atoms with Gasteiger partial charge < -0.3 is 14.5 Å². The number of benzene rings is 1. The van der Waals surface area contributed by atoms with Crippen LogP contribution in [0.2, 0.25) is 0 Å². The van der Waals surface area contributed by atoms with Crippen molar-refractivity contribution >= 4 is 15.7 Å². The van der Waals surface area contributed by atoms with Gasteiger partial charge in [-0.15, -0.1) is 0 Å². The second-order valence-corrected chi connectivity index (χ2v) is 8.63. The Hall–Kier alpha value is -2.16. The van der Waals surface area contributed by atoms with Gasteiger partial charge in [0.15, 0.2) is 9.84 Å². The average Bonchev–Trinajstić information content (AvgIpc) is 3.08. The molecule has 0 spiro atoms. The van der Waals surface area contributed by atoms with Crippen molar-refractivity contribution in [1.82, 2.24) is 10.2 Å². The zero-order chi connectivity index (χ0) is 19.4. The largest absolute Gasteiger partial charge is 0.465 e. The van der Waals surface area contributed by atoms with E-state index >= 15 is 0 Å². The lowest BCUT2D eigenvalue weighted by molar-refractivity contribution is 0.0117. The molecule has 1 N–H and O–H groups in total. The number of sulfone groups is 1. The van der Waals surface area contributed by atoms with Gasteiger partial charge in [-0.2, -0.15) is 0 Å². The lowest BCUT2D eigenvalue weighted by Crippen LogP contribution is -2.43. The van der Waals surface area contributed by atoms with Gasteiger partial charge in [-0.05, 0) is 43.3 Å². The topological polar surface area (TPSA) is 88.9 Å². The third kappa shape index (κ3) is 4.97. The van der Waals surface area contributed by atoms with Gasteiger partial charge in [0.1, 0.15) is 11.5 Å². The predicted molar refractivity (Wildman–Crippen MR) is 100 cm³/mol. The summed E-state index contributed by atoms with van der Waals surface area (Å²) in [5, 5.41) is 2.93. The van der Waals surface area contributed by atoms with Crippen molar-refractivity contribution < 1.29 is 22.4 Å². The van der Waals surface area contributed by atoms with Gasteiger partial charge in [0.25, 0.3) is 5.91 Å². The SMILES string of the molecule is Cc1ccc(C(CNC(=O)c2ccc(S(C)(=O)=O)cc2)N2CCOCC2)o1. The number of hydrogen-bond acceptors (Lipinski definition) is 6. The van der Waals surface area contributed by atoms with E-state index in [0.29, 0.717) is 25.3 Å². The number of hydrogen-bond donors (Lipinski definition) is 1. The molecule has 8 heteroatoms. The van der Waals surface area contributed by atoms with E-state index in [0.717, 1.165) is 30.9 Å². The maximum absolute atomic E-state index is 12.5. The fourth-order valence-electron chi connectivity index (χ4n) is 3.08. The van der Waals surface area contributed by atoms with Crippen molar-refractivity contribution in [3.8, 4) is 0 Å². The van der Waals surface area contributed by atoms with E-state index in [1.54, 1.807) is 0 Å². The Kier molecular flexibility index (Phi) is 5.98. The molecule has 0 saturated carbocycles. The quantitative estimate of drug-likeness (QED) is 0.806. The second-order valence-electron chi connectivity index (χ2n) is 6.62. The molecule has 146 valence electrons. The summed E-state index contributed by atoms with van der Waals surface area (Å²) in [6.45, 7) is 5.11. The van der Waals surface area contributed by atoms with Crippen molar-refractivity contribution in [2.45, 2.75) is 17.9 Å². The number of furan rings is 1. The van der Waals surface area contributed by atoms with Crippen LogP contribution in [0.4, 0.5) is 0 Å². The molecule has 1 fully saturated rings. The molecule has 27 heavy (non-hydrogen) atoms. The van der Waals surface area contributed by atoms with E-state index in [1.165, 1.54) is 24.3 Å². The summed E-state index contributed by atoms with van der Waals surface area (Å²) in [6.07, 6.45) is 1.14. The summed E-state index contributed by atoms with van der Waals surface area (Å²) in [5.74, 6) is 1.38. The minimum Gasteiger partial charge on any atom is -0.465 e. The van der Waals surface area contributed by atoms with Gasteiger partial charge in [-0.1, -0.05) is 0 Å². The maximum Gasteiger partial charge on any atom is 0.251 e. The number of aryl methyl sites for hydroxylation is 1. The summed E-state index contributed by atoms with van der Waals surface area (Å²) < 4.78 is 34.3. The minimum atomic E-state index is -3.28. The van der Waals surface area contributed by atoms with E-state index in [2.05, 4.69) is 10.2 Å². The number of carbonyl (C=O) groups excluding carboxylic acids is 1. The van der Waals surface area contributed by atoms with Crippen LogP contribution in [-0.4, -0.2) is 58.3 Å². The number of morpholine rings is 1. The van der Waals surface area contributed by atoms with Gasteiger partial charge >= 0.3 is 0 Å². The molecule has 1 aromatic heterocycles. The second kappa shape index (κ2) is 8.24. The highest BCUT2D eigenvalue weighted by atomic mass is 32.2. The Morgan fingerprint density at radius 2 is 1.81 bits per heavy atom. The average molecular weight is 392 g/mol. The molecule has 0 radical (unpaired) electrons. The van der Waals surface area contributed by atoms with Gasteiger partial charge in [-0.3, -0.25) is 9.69 Å². The Morgan fingerprint density at radius 1 is 1.15 bits per heavy atom. The van der Waals surface area contributed by atoms with Crippen LogP contribution < -0.4 is 5.32 Å². The molecule has 1 atom stereocenters. The number of amides is 1. The summed E-state index contributed by atoms with van der Waals surface area (Å²) in [7, 11) is -3.28. The summed E-state index contributed by atoms with van der Waals surface area (Å²) in [6, 6.07) is 9.69. The zero-order valence-corrected chi connectivity index (χ0v) is 16.3. The van der Waals surface area contributed by atoms with Crippen molar-refractivity contribution in [2.24, 2.45) is 0 Å². The van der Waals surface area contributed by atoms with Crippen molar-refractivity contribution in [1.29, 1.82) is 0 Å². The van der Waals surface area contributed by atoms with E-state index in [1.807, 2.05) is 19.1 Å². The number of carbonyl (C=O) groups is 1. The molecule has 1 amide bonds. The lowest BCUT2D eigenvalue weighted by atomic mass is 10.1. The molecule has 1 aliphatic heterocycles. The molecular formula is C19H24N2O5S. The summed E-state index contributed by atoms with van der Waals surface area (Å²) >= 11 is 0. The molecule has 1 aromatic carbocycles. The third-order valence-electron chi connectivity index (χ3n) is 4.58. The van der Waals surface area contributed by atoms with E-state index in [-0.39, 0.29) is 16.8 Å². The molecule has 7 nitrogen and oxygen atoms in total. The number of ether oxygens (including phenoxy) is 1. The number of nitrogens with one attached hydrogen (secondary N) is 1. The van der Waals surface area contributed by atoms with E-state index in [9.17, 15) is 13.2 Å². The van der Waals surface area contributed by atoms with Gasteiger partial charge in [0.2, 0.25) is 0 Å². The first kappa shape index (κ1) is 19.6. The minimum absolute atomic E-state index is 0.0816. The van der Waals surface area contributed by atoms with Crippen LogP contribution >= 0.6 is 0 Å². The summed E-state index contributed by atoms with van der Waals surface area (Å²) in [4.78, 5) is 14.9. The van der Waals surface area contributed by atoms with Crippen LogP contribution in [0.3, 0.4) is 0 Å². The fourth-order valence-corrected chi connectivity index (χ4v) is 3.71. The Labute approximate surface area is 159 Å². The van der Waals surface area contributed by atoms with Crippen LogP contribution in [0.15, 0.2) is 45.7 Å². The van der Waals surface area contributed by atoms with Crippen LogP contribution in [0, 0.1) is 6.92 Å². The zero-order valence-electron chi connectivity index (χ0n) is 15.5. The highest BCUT2D eigenvalue weighted by molar-refractivity contribution is 7.90. The molecule has 0 aliphatic carbocycles. The highest BCUT2D eigenvalue weighted by Crippen LogP contribution is 2.23. The van der Waals surface area contributed by atoms with Crippen molar-refractivity contribution in [3.05, 3.63) is 53.5 Å².